The number of rotatable bonds is 4. The van der Waals surface area contributed by atoms with E-state index >= 15 is 0 Å². The van der Waals surface area contributed by atoms with Crippen molar-refractivity contribution in [1.29, 1.82) is 5.41 Å². The first-order chi connectivity index (χ1) is 12.4. The van der Waals surface area contributed by atoms with Crippen LogP contribution in [0.2, 0.25) is 5.02 Å². The summed E-state index contributed by atoms with van der Waals surface area (Å²) in [6.45, 7) is 2.12. The predicted molar refractivity (Wildman–Crippen MR) is 114 cm³/mol. The Kier molecular flexibility index (Phi) is 5.67. The number of amidine groups is 1. The minimum absolute atomic E-state index is 0.0277. The van der Waals surface area contributed by atoms with Crippen molar-refractivity contribution in [3.63, 3.8) is 0 Å². The molecule has 0 aliphatic rings. The monoisotopic (exact) mass is 479 g/mol. The molecule has 0 amide bonds. The largest absolute Gasteiger partial charge is 0.506 e. The number of aliphatic imine (C=N–C) groups is 1. The van der Waals surface area contributed by atoms with E-state index < -0.39 is 0 Å². The van der Waals surface area contributed by atoms with Crippen molar-refractivity contribution in [3.05, 3.63) is 56.2 Å². The number of anilines is 1. The molecule has 0 unspecified atom stereocenters. The summed E-state index contributed by atoms with van der Waals surface area (Å²) in [5.74, 6) is 0.474. The Hall–Kier alpha value is -2.26. The van der Waals surface area contributed by atoms with E-state index in [1.54, 1.807) is 18.2 Å². The van der Waals surface area contributed by atoms with Crippen LogP contribution in [0.3, 0.4) is 0 Å². The summed E-state index contributed by atoms with van der Waals surface area (Å²) < 4.78 is 0.818. The van der Waals surface area contributed by atoms with Crippen LogP contribution in [0.4, 0.5) is 5.95 Å². The standard InChI is InChI=1S/C18H15ClIN5O/c1-10-5-6-14-12(7-10)17(20)25-18(23-14)24-15(21)9-22-8-11-3-2-4-13(19)16(11)26/h2-8,26H,9H2,1H3,(H2,21,23,24,25)/b22-8+. The number of aromatic hydroxyl groups is 1. The van der Waals surface area contributed by atoms with E-state index in [0.29, 0.717) is 11.5 Å². The topological polar surface area (TPSA) is 94.2 Å². The molecule has 132 valence electrons. The van der Waals surface area contributed by atoms with Crippen LogP contribution in [0.1, 0.15) is 11.1 Å². The number of nitrogens with zero attached hydrogens (tertiary/aromatic N) is 3. The van der Waals surface area contributed by atoms with Gasteiger partial charge in [-0.05, 0) is 53.8 Å². The van der Waals surface area contributed by atoms with Crippen LogP contribution in [0, 0.1) is 16.0 Å². The lowest BCUT2D eigenvalue weighted by Gasteiger charge is -2.07. The highest BCUT2D eigenvalue weighted by atomic mass is 127. The summed E-state index contributed by atoms with van der Waals surface area (Å²) in [6, 6.07) is 11.0. The van der Waals surface area contributed by atoms with E-state index in [2.05, 4.69) is 42.9 Å². The van der Waals surface area contributed by atoms with Gasteiger partial charge in [0.2, 0.25) is 5.95 Å². The second kappa shape index (κ2) is 7.96. The molecule has 6 nitrogen and oxygen atoms in total. The van der Waals surface area contributed by atoms with E-state index in [-0.39, 0.29) is 23.2 Å². The fourth-order valence-electron chi connectivity index (χ4n) is 2.31. The fourth-order valence-corrected chi connectivity index (χ4v) is 3.15. The number of halogens is 2. The number of phenolic OH excluding ortho intramolecular Hbond substituents is 1. The number of aryl methyl sites for hydroxylation is 1. The molecule has 26 heavy (non-hydrogen) atoms. The summed E-state index contributed by atoms with van der Waals surface area (Å²) in [4.78, 5) is 13.0. The van der Waals surface area contributed by atoms with Crippen LogP contribution in [0.15, 0.2) is 41.4 Å². The minimum atomic E-state index is -0.0277. The van der Waals surface area contributed by atoms with Gasteiger partial charge in [0.15, 0.2) is 0 Å². The quantitative estimate of drug-likeness (QED) is 0.224. The van der Waals surface area contributed by atoms with Gasteiger partial charge in [-0.15, -0.1) is 0 Å². The summed E-state index contributed by atoms with van der Waals surface area (Å²) in [5.41, 5.74) is 2.46. The smallest absolute Gasteiger partial charge is 0.229 e. The van der Waals surface area contributed by atoms with Crippen LogP contribution in [0.5, 0.6) is 5.75 Å². The average Bonchev–Trinajstić information content (AvgIpc) is 2.59. The van der Waals surface area contributed by atoms with Gasteiger partial charge < -0.3 is 10.4 Å². The summed E-state index contributed by atoms with van der Waals surface area (Å²) in [5, 5.41) is 21.9. The maximum atomic E-state index is 9.84. The second-order valence-electron chi connectivity index (χ2n) is 5.61. The molecular weight excluding hydrogens is 465 g/mol. The van der Waals surface area contributed by atoms with Crippen molar-refractivity contribution < 1.29 is 5.11 Å². The zero-order valence-corrected chi connectivity index (χ0v) is 16.7. The molecule has 2 aromatic carbocycles. The van der Waals surface area contributed by atoms with Gasteiger partial charge >= 0.3 is 0 Å². The summed E-state index contributed by atoms with van der Waals surface area (Å²) in [7, 11) is 0. The molecule has 0 atom stereocenters. The molecule has 0 aliphatic carbocycles. The lowest BCUT2D eigenvalue weighted by molar-refractivity contribution is 0.475. The van der Waals surface area contributed by atoms with Crippen molar-refractivity contribution in [2.75, 3.05) is 11.9 Å². The number of aromatic nitrogens is 2. The third kappa shape index (κ3) is 4.28. The molecule has 3 rings (SSSR count). The van der Waals surface area contributed by atoms with Crippen LogP contribution >= 0.6 is 34.2 Å². The van der Waals surface area contributed by atoms with Crippen molar-refractivity contribution in [2.45, 2.75) is 6.92 Å². The first-order valence-electron chi connectivity index (χ1n) is 7.69. The summed E-state index contributed by atoms with van der Waals surface area (Å²) in [6.07, 6.45) is 1.48. The molecule has 1 heterocycles. The fraction of sp³-hybridized carbons (Fsp3) is 0.111. The minimum Gasteiger partial charge on any atom is -0.506 e. The first-order valence-corrected chi connectivity index (χ1v) is 9.15. The van der Waals surface area contributed by atoms with Crippen molar-refractivity contribution in [1.82, 2.24) is 9.97 Å². The van der Waals surface area contributed by atoms with Crippen molar-refractivity contribution in [3.8, 4) is 5.75 Å². The normalized spacial score (nSPS) is 11.2. The Balaban J connectivity index is 1.70. The Morgan fingerprint density at radius 3 is 2.96 bits per heavy atom. The number of para-hydroxylation sites is 1. The number of nitrogens with one attached hydrogen (secondary N) is 2. The highest BCUT2D eigenvalue weighted by Crippen LogP contribution is 2.25. The van der Waals surface area contributed by atoms with Crippen molar-refractivity contribution in [2.24, 2.45) is 4.99 Å². The predicted octanol–water partition coefficient (Wildman–Crippen LogP) is 4.41. The van der Waals surface area contributed by atoms with E-state index in [1.165, 1.54) is 6.21 Å². The number of benzene rings is 2. The molecule has 0 bridgehead atoms. The molecule has 0 saturated heterocycles. The molecule has 3 aromatic rings. The van der Waals surface area contributed by atoms with Gasteiger partial charge in [-0.2, -0.15) is 0 Å². The third-order valence-electron chi connectivity index (χ3n) is 3.57. The first kappa shape index (κ1) is 18.5. The Morgan fingerprint density at radius 1 is 1.35 bits per heavy atom. The SMILES string of the molecule is Cc1ccc2nc(NC(=N)C/N=C/c3cccc(Cl)c3O)nc(I)c2c1. The lowest BCUT2D eigenvalue weighted by atomic mass is 10.2. The van der Waals surface area contributed by atoms with Gasteiger partial charge in [0.1, 0.15) is 15.3 Å². The molecule has 8 heteroatoms. The zero-order chi connectivity index (χ0) is 18.7. The van der Waals surface area contributed by atoms with Crippen LogP contribution in [-0.2, 0) is 0 Å². The molecule has 0 radical (unpaired) electrons. The van der Waals surface area contributed by atoms with E-state index in [9.17, 15) is 5.11 Å². The van der Waals surface area contributed by atoms with E-state index in [0.717, 1.165) is 20.2 Å². The Labute approximate surface area is 169 Å². The third-order valence-corrected chi connectivity index (χ3v) is 4.69. The van der Waals surface area contributed by atoms with Gasteiger partial charge in [-0.1, -0.05) is 29.3 Å². The maximum absolute atomic E-state index is 9.84. The number of hydrogen-bond acceptors (Lipinski definition) is 5. The number of hydrogen-bond donors (Lipinski definition) is 3. The Bertz CT molecular complexity index is 1020. The number of phenols is 1. The van der Waals surface area contributed by atoms with Gasteiger partial charge in [-0.25, -0.2) is 9.97 Å². The Morgan fingerprint density at radius 2 is 2.15 bits per heavy atom. The van der Waals surface area contributed by atoms with E-state index in [4.69, 9.17) is 17.0 Å². The summed E-state index contributed by atoms with van der Waals surface area (Å²) >= 11 is 8.01. The molecule has 1 aromatic heterocycles. The lowest BCUT2D eigenvalue weighted by Crippen LogP contribution is -2.16. The highest BCUT2D eigenvalue weighted by Gasteiger charge is 2.07. The zero-order valence-electron chi connectivity index (χ0n) is 13.8. The molecule has 0 aliphatic heterocycles. The van der Waals surface area contributed by atoms with Gasteiger partial charge in [0.05, 0.1) is 17.1 Å². The highest BCUT2D eigenvalue weighted by molar-refractivity contribution is 14.1. The molecule has 0 fully saturated rings. The maximum Gasteiger partial charge on any atom is 0.229 e. The number of fused-ring (bicyclic) bond motifs is 1. The molecular formula is C18H15ClIN5O. The van der Waals surface area contributed by atoms with Gasteiger partial charge in [0, 0.05) is 17.2 Å². The van der Waals surface area contributed by atoms with E-state index in [1.807, 2.05) is 25.1 Å². The second-order valence-corrected chi connectivity index (χ2v) is 7.04. The van der Waals surface area contributed by atoms with Crippen LogP contribution in [-0.4, -0.2) is 33.7 Å². The van der Waals surface area contributed by atoms with Gasteiger partial charge in [0.25, 0.3) is 0 Å². The average molecular weight is 480 g/mol. The molecule has 0 saturated carbocycles. The van der Waals surface area contributed by atoms with Crippen LogP contribution in [0.25, 0.3) is 10.9 Å². The van der Waals surface area contributed by atoms with Crippen LogP contribution < -0.4 is 5.32 Å². The molecule has 3 N–H and O–H groups in total. The molecule has 0 spiro atoms. The van der Waals surface area contributed by atoms with Gasteiger partial charge in [-0.3, -0.25) is 10.4 Å². The van der Waals surface area contributed by atoms with Crippen molar-refractivity contribution >= 4 is 63.1 Å².